The largest absolute Gasteiger partial charge is 0.453 e. The average molecular weight is 242 g/mol. The van der Waals surface area contributed by atoms with E-state index in [1.165, 1.54) is 12.1 Å². The minimum atomic E-state index is -0.435. The van der Waals surface area contributed by atoms with E-state index in [0.717, 1.165) is 16.9 Å². The van der Waals surface area contributed by atoms with Crippen molar-refractivity contribution < 1.29 is 9.66 Å². The molecule has 0 aromatic heterocycles. The number of nitrogens with one attached hydrogen (secondary N) is 1. The van der Waals surface area contributed by atoms with Crippen molar-refractivity contribution in [2.45, 2.75) is 6.92 Å². The van der Waals surface area contributed by atoms with E-state index in [1.807, 2.05) is 25.1 Å². The molecule has 1 aliphatic rings. The second kappa shape index (κ2) is 3.73. The molecule has 0 bridgehead atoms. The van der Waals surface area contributed by atoms with E-state index in [9.17, 15) is 10.1 Å². The first-order valence-electron chi connectivity index (χ1n) is 5.47. The number of non-ortho nitro benzene ring substituents is 1. The van der Waals surface area contributed by atoms with E-state index in [-0.39, 0.29) is 5.69 Å². The lowest BCUT2D eigenvalue weighted by Gasteiger charge is -2.21. The lowest BCUT2D eigenvalue weighted by atomic mass is 10.1. The van der Waals surface area contributed by atoms with Crippen LogP contribution in [-0.4, -0.2) is 4.92 Å². The number of hydrogen-bond donors (Lipinski definition) is 1. The Bertz CT molecular complexity index is 653. The summed E-state index contributed by atoms with van der Waals surface area (Å²) >= 11 is 0. The minimum Gasteiger partial charge on any atom is -0.453 e. The van der Waals surface area contributed by atoms with Crippen LogP contribution in [0, 0.1) is 17.0 Å². The fraction of sp³-hybridized carbons (Fsp3) is 0.0769. The second-order valence-corrected chi connectivity index (χ2v) is 4.16. The Balaban J connectivity index is 2.05. The molecule has 0 aliphatic carbocycles. The second-order valence-electron chi connectivity index (χ2n) is 4.16. The van der Waals surface area contributed by atoms with Gasteiger partial charge < -0.3 is 10.1 Å². The number of nitrogens with zero attached hydrogens (tertiary/aromatic N) is 1. The molecule has 0 spiro atoms. The van der Waals surface area contributed by atoms with Gasteiger partial charge in [-0.15, -0.1) is 0 Å². The Morgan fingerprint density at radius 3 is 2.50 bits per heavy atom. The zero-order valence-electron chi connectivity index (χ0n) is 9.64. The van der Waals surface area contributed by atoms with Gasteiger partial charge in [-0.2, -0.15) is 0 Å². The van der Waals surface area contributed by atoms with Crippen molar-refractivity contribution in [3.8, 4) is 11.5 Å². The van der Waals surface area contributed by atoms with Crippen molar-refractivity contribution >= 4 is 17.1 Å². The number of fused-ring (bicyclic) bond motifs is 2. The quantitative estimate of drug-likeness (QED) is 0.521. The zero-order chi connectivity index (χ0) is 12.7. The van der Waals surface area contributed by atoms with Gasteiger partial charge in [0.1, 0.15) is 0 Å². The van der Waals surface area contributed by atoms with Crippen LogP contribution in [0.15, 0.2) is 36.4 Å². The highest BCUT2D eigenvalue weighted by Gasteiger charge is 2.19. The smallest absolute Gasteiger partial charge is 0.273 e. The van der Waals surface area contributed by atoms with Crippen molar-refractivity contribution in [2.24, 2.45) is 0 Å². The molecule has 0 atom stereocenters. The van der Waals surface area contributed by atoms with Crippen molar-refractivity contribution in [3.05, 3.63) is 52.1 Å². The summed E-state index contributed by atoms with van der Waals surface area (Å²) in [7, 11) is 0. The summed E-state index contributed by atoms with van der Waals surface area (Å²) in [4.78, 5) is 10.3. The number of nitro groups is 1. The van der Waals surface area contributed by atoms with Gasteiger partial charge in [0.05, 0.1) is 22.4 Å². The average Bonchev–Trinajstić information content (AvgIpc) is 2.35. The van der Waals surface area contributed by atoms with Gasteiger partial charge in [-0.1, -0.05) is 6.07 Å². The monoisotopic (exact) mass is 242 g/mol. The lowest BCUT2D eigenvalue weighted by molar-refractivity contribution is -0.384. The molecule has 2 aromatic rings. The molecule has 0 amide bonds. The molecular formula is C13H10N2O3. The molecule has 0 saturated carbocycles. The number of nitro benzene ring substituents is 1. The Labute approximate surface area is 103 Å². The van der Waals surface area contributed by atoms with E-state index in [0.29, 0.717) is 11.5 Å². The summed E-state index contributed by atoms with van der Waals surface area (Å²) in [6.45, 7) is 1.96. The maximum Gasteiger partial charge on any atom is 0.273 e. The Kier molecular flexibility index (Phi) is 2.19. The zero-order valence-corrected chi connectivity index (χ0v) is 9.64. The molecule has 0 radical (unpaired) electrons. The first kappa shape index (κ1) is 10.6. The molecule has 90 valence electrons. The van der Waals surface area contributed by atoms with Crippen LogP contribution < -0.4 is 10.1 Å². The van der Waals surface area contributed by atoms with E-state index in [4.69, 9.17) is 4.74 Å². The van der Waals surface area contributed by atoms with Gasteiger partial charge in [0, 0.05) is 6.07 Å². The van der Waals surface area contributed by atoms with Gasteiger partial charge in [0.2, 0.25) is 0 Å². The maximum atomic E-state index is 10.7. The van der Waals surface area contributed by atoms with Gasteiger partial charge in [-0.25, -0.2) is 0 Å². The summed E-state index contributed by atoms with van der Waals surface area (Å²) in [5, 5.41) is 13.9. The summed E-state index contributed by atoms with van der Waals surface area (Å²) in [5.74, 6) is 1.16. The standard InChI is InChI=1S/C13H10N2O3/c1-8-2-4-10-12(6-8)18-13-7-9(15(16)17)3-5-11(13)14-10/h2-7,14H,1H3. The minimum absolute atomic E-state index is 0.0200. The van der Waals surface area contributed by atoms with E-state index >= 15 is 0 Å². The normalized spacial score (nSPS) is 11.8. The van der Waals surface area contributed by atoms with Crippen LogP contribution >= 0.6 is 0 Å². The van der Waals surface area contributed by atoms with Crippen molar-refractivity contribution in [1.29, 1.82) is 0 Å². The van der Waals surface area contributed by atoms with Crippen molar-refractivity contribution in [1.82, 2.24) is 0 Å². The highest BCUT2D eigenvalue weighted by molar-refractivity contribution is 5.76. The van der Waals surface area contributed by atoms with Crippen molar-refractivity contribution in [3.63, 3.8) is 0 Å². The number of aryl methyl sites for hydroxylation is 1. The van der Waals surface area contributed by atoms with E-state index in [1.54, 1.807) is 6.07 Å². The molecule has 1 heterocycles. The molecule has 0 saturated heterocycles. The number of hydrogen-bond acceptors (Lipinski definition) is 4. The molecule has 0 unspecified atom stereocenters. The first-order chi connectivity index (χ1) is 8.63. The molecule has 5 heteroatoms. The molecule has 1 N–H and O–H groups in total. The van der Waals surface area contributed by atoms with Crippen LogP contribution in [0.5, 0.6) is 11.5 Å². The van der Waals surface area contributed by atoms with E-state index < -0.39 is 4.92 Å². The topological polar surface area (TPSA) is 64.4 Å². The summed E-state index contributed by atoms with van der Waals surface area (Å²) < 4.78 is 5.68. The maximum absolute atomic E-state index is 10.7. The van der Waals surface area contributed by atoms with Crippen LogP contribution in [0.4, 0.5) is 17.1 Å². The van der Waals surface area contributed by atoms with Crippen molar-refractivity contribution in [2.75, 3.05) is 5.32 Å². The third-order valence-corrected chi connectivity index (χ3v) is 2.80. The molecule has 2 aromatic carbocycles. The Morgan fingerprint density at radius 2 is 1.78 bits per heavy atom. The summed E-state index contributed by atoms with van der Waals surface area (Å²) in [6.07, 6.45) is 0. The number of benzene rings is 2. The van der Waals surface area contributed by atoms with Crippen LogP contribution in [-0.2, 0) is 0 Å². The molecule has 5 nitrogen and oxygen atoms in total. The first-order valence-corrected chi connectivity index (χ1v) is 5.47. The molecule has 3 rings (SSSR count). The van der Waals surface area contributed by atoms with Crippen LogP contribution in [0.3, 0.4) is 0 Å². The Morgan fingerprint density at radius 1 is 1.11 bits per heavy atom. The van der Waals surface area contributed by atoms with Gasteiger partial charge >= 0.3 is 0 Å². The highest BCUT2D eigenvalue weighted by atomic mass is 16.6. The fourth-order valence-corrected chi connectivity index (χ4v) is 1.89. The third kappa shape index (κ3) is 1.66. The number of anilines is 2. The molecule has 0 fully saturated rings. The SMILES string of the molecule is Cc1ccc2c(c1)Oc1cc([N+](=O)[O-])ccc1N2. The summed E-state index contributed by atoms with van der Waals surface area (Å²) in [5.41, 5.74) is 2.69. The molecule has 18 heavy (non-hydrogen) atoms. The lowest BCUT2D eigenvalue weighted by Crippen LogP contribution is -2.03. The van der Waals surface area contributed by atoms with Gasteiger partial charge in [0.25, 0.3) is 5.69 Å². The van der Waals surface area contributed by atoms with Gasteiger partial charge in [-0.05, 0) is 30.7 Å². The highest BCUT2D eigenvalue weighted by Crippen LogP contribution is 2.43. The van der Waals surface area contributed by atoms with Crippen LogP contribution in [0.25, 0.3) is 0 Å². The van der Waals surface area contributed by atoms with Gasteiger partial charge in [0.15, 0.2) is 11.5 Å². The predicted octanol–water partition coefficient (Wildman–Crippen LogP) is 3.75. The molecular weight excluding hydrogens is 232 g/mol. The van der Waals surface area contributed by atoms with Crippen LogP contribution in [0.1, 0.15) is 5.56 Å². The summed E-state index contributed by atoms with van der Waals surface area (Å²) in [6, 6.07) is 10.3. The number of ether oxygens (including phenoxy) is 1. The number of rotatable bonds is 1. The van der Waals surface area contributed by atoms with Crippen LogP contribution in [0.2, 0.25) is 0 Å². The Hall–Kier alpha value is -2.56. The predicted molar refractivity (Wildman–Crippen MR) is 67.6 cm³/mol. The van der Waals surface area contributed by atoms with E-state index in [2.05, 4.69) is 5.32 Å². The van der Waals surface area contributed by atoms with Gasteiger partial charge in [-0.3, -0.25) is 10.1 Å². The fourth-order valence-electron chi connectivity index (χ4n) is 1.89. The third-order valence-electron chi connectivity index (χ3n) is 2.80. The molecule has 1 aliphatic heterocycles.